The van der Waals surface area contributed by atoms with Crippen molar-refractivity contribution in [1.29, 1.82) is 0 Å². The number of carbonyl (C=O) groups is 1. The second kappa shape index (κ2) is 9.97. The molecule has 0 aliphatic heterocycles. The second-order valence-corrected chi connectivity index (χ2v) is 4.99. The standard InChI is InChI=1S/C19H22N2O4/c1-3-23-16-7-5-15(6-8-16)13-20-21-19(22)14-25-18-11-9-17(10-12-18)24-4-2/h5-13H,3-4,14H2,1-2H3,(H,21,22)/b20-13+. The summed E-state index contributed by atoms with van der Waals surface area (Å²) in [5.74, 6) is 1.82. The molecule has 0 aromatic heterocycles. The topological polar surface area (TPSA) is 69.2 Å². The minimum Gasteiger partial charge on any atom is -0.494 e. The molecule has 0 saturated carbocycles. The Bertz CT molecular complexity index is 682. The van der Waals surface area contributed by atoms with Gasteiger partial charge in [-0.3, -0.25) is 4.79 Å². The summed E-state index contributed by atoms with van der Waals surface area (Å²) in [6, 6.07) is 14.5. The zero-order chi connectivity index (χ0) is 17.9. The molecule has 0 atom stereocenters. The Balaban J connectivity index is 1.74. The van der Waals surface area contributed by atoms with E-state index in [0.29, 0.717) is 19.0 Å². The van der Waals surface area contributed by atoms with Gasteiger partial charge in [0.05, 0.1) is 19.4 Å². The molecule has 6 nitrogen and oxygen atoms in total. The van der Waals surface area contributed by atoms with Crippen LogP contribution in [0.5, 0.6) is 17.2 Å². The number of hydrogen-bond donors (Lipinski definition) is 1. The average Bonchev–Trinajstić information content (AvgIpc) is 2.63. The van der Waals surface area contributed by atoms with Crippen molar-refractivity contribution in [2.45, 2.75) is 13.8 Å². The fraction of sp³-hybridized carbons (Fsp3) is 0.263. The summed E-state index contributed by atoms with van der Waals surface area (Å²) in [5.41, 5.74) is 3.28. The highest BCUT2D eigenvalue weighted by Gasteiger charge is 2.02. The minimum absolute atomic E-state index is 0.116. The van der Waals surface area contributed by atoms with Crippen LogP contribution in [0.1, 0.15) is 19.4 Å². The van der Waals surface area contributed by atoms with Crippen molar-refractivity contribution in [2.24, 2.45) is 5.10 Å². The van der Waals surface area contributed by atoms with Crippen molar-refractivity contribution in [2.75, 3.05) is 19.8 Å². The number of ether oxygens (including phenoxy) is 3. The summed E-state index contributed by atoms with van der Waals surface area (Å²) in [7, 11) is 0. The Labute approximate surface area is 147 Å². The van der Waals surface area contributed by atoms with Gasteiger partial charge >= 0.3 is 0 Å². The Kier molecular flexibility index (Phi) is 7.31. The van der Waals surface area contributed by atoms with Gasteiger partial charge in [-0.05, 0) is 67.9 Å². The van der Waals surface area contributed by atoms with E-state index < -0.39 is 0 Å². The molecule has 2 aromatic carbocycles. The van der Waals surface area contributed by atoms with E-state index in [-0.39, 0.29) is 12.5 Å². The third-order valence-electron chi connectivity index (χ3n) is 3.10. The summed E-state index contributed by atoms with van der Waals surface area (Å²) in [6.07, 6.45) is 1.56. The monoisotopic (exact) mass is 342 g/mol. The fourth-order valence-electron chi connectivity index (χ4n) is 1.98. The van der Waals surface area contributed by atoms with Crippen LogP contribution in [0, 0.1) is 0 Å². The smallest absolute Gasteiger partial charge is 0.277 e. The van der Waals surface area contributed by atoms with E-state index in [2.05, 4.69) is 10.5 Å². The molecule has 2 aromatic rings. The van der Waals surface area contributed by atoms with Gasteiger partial charge in [0.2, 0.25) is 0 Å². The van der Waals surface area contributed by atoms with Gasteiger partial charge in [-0.1, -0.05) is 0 Å². The highest BCUT2D eigenvalue weighted by molar-refractivity contribution is 5.83. The molecule has 0 fully saturated rings. The van der Waals surface area contributed by atoms with Crippen molar-refractivity contribution in [3.8, 4) is 17.2 Å². The van der Waals surface area contributed by atoms with Crippen LogP contribution in [0.4, 0.5) is 0 Å². The molecule has 0 unspecified atom stereocenters. The zero-order valence-corrected chi connectivity index (χ0v) is 14.4. The molecule has 0 bridgehead atoms. The average molecular weight is 342 g/mol. The van der Waals surface area contributed by atoms with Crippen LogP contribution in [-0.2, 0) is 4.79 Å². The first-order chi connectivity index (χ1) is 12.2. The second-order valence-electron chi connectivity index (χ2n) is 4.99. The maximum atomic E-state index is 11.7. The molecular formula is C19H22N2O4. The first-order valence-electron chi connectivity index (χ1n) is 8.11. The quantitative estimate of drug-likeness (QED) is 0.562. The van der Waals surface area contributed by atoms with Gasteiger partial charge in [0.15, 0.2) is 6.61 Å². The van der Waals surface area contributed by atoms with Gasteiger partial charge in [-0.25, -0.2) is 5.43 Å². The van der Waals surface area contributed by atoms with Crippen molar-refractivity contribution in [3.05, 3.63) is 54.1 Å². The van der Waals surface area contributed by atoms with Crippen molar-refractivity contribution in [1.82, 2.24) is 5.43 Å². The molecule has 0 aliphatic carbocycles. The van der Waals surface area contributed by atoms with Crippen LogP contribution in [0.25, 0.3) is 0 Å². The lowest BCUT2D eigenvalue weighted by Gasteiger charge is -2.06. The Morgan fingerprint density at radius 2 is 1.36 bits per heavy atom. The van der Waals surface area contributed by atoms with Crippen molar-refractivity contribution in [3.63, 3.8) is 0 Å². The normalized spacial score (nSPS) is 10.5. The van der Waals surface area contributed by atoms with E-state index >= 15 is 0 Å². The lowest BCUT2D eigenvalue weighted by molar-refractivity contribution is -0.123. The molecule has 6 heteroatoms. The van der Waals surface area contributed by atoms with Gasteiger partial charge in [0.25, 0.3) is 5.91 Å². The van der Waals surface area contributed by atoms with E-state index in [0.717, 1.165) is 17.1 Å². The number of hydrazone groups is 1. The largest absolute Gasteiger partial charge is 0.494 e. The van der Waals surface area contributed by atoms with Gasteiger partial charge in [0, 0.05) is 0 Å². The molecule has 0 aliphatic rings. The Hall–Kier alpha value is -3.02. The first-order valence-corrected chi connectivity index (χ1v) is 8.11. The van der Waals surface area contributed by atoms with Gasteiger partial charge < -0.3 is 14.2 Å². The van der Waals surface area contributed by atoms with Crippen molar-refractivity contribution < 1.29 is 19.0 Å². The van der Waals surface area contributed by atoms with Gasteiger partial charge in [-0.2, -0.15) is 5.10 Å². The molecule has 0 radical (unpaired) electrons. The van der Waals surface area contributed by atoms with Crippen LogP contribution in [0.2, 0.25) is 0 Å². The number of amides is 1. The van der Waals surface area contributed by atoms with E-state index in [1.807, 2.05) is 38.1 Å². The maximum Gasteiger partial charge on any atom is 0.277 e. The first kappa shape index (κ1) is 18.3. The lowest BCUT2D eigenvalue weighted by atomic mass is 10.2. The number of carbonyl (C=O) groups excluding carboxylic acids is 1. The Morgan fingerprint density at radius 1 is 0.880 bits per heavy atom. The zero-order valence-electron chi connectivity index (χ0n) is 14.4. The molecule has 2 rings (SSSR count). The van der Waals surface area contributed by atoms with Crippen LogP contribution in [0.15, 0.2) is 53.6 Å². The molecule has 0 spiro atoms. The predicted octanol–water partition coefficient (Wildman–Crippen LogP) is 3.01. The van der Waals surface area contributed by atoms with Crippen LogP contribution < -0.4 is 19.6 Å². The van der Waals surface area contributed by atoms with Crippen LogP contribution in [0.3, 0.4) is 0 Å². The molecule has 0 heterocycles. The third kappa shape index (κ3) is 6.55. The highest BCUT2D eigenvalue weighted by atomic mass is 16.5. The van der Waals surface area contributed by atoms with Crippen LogP contribution in [-0.4, -0.2) is 31.9 Å². The highest BCUT2D eigenvalue weighted by Crippen LogP contribution is 2.17. The molecule has 132 valence electrons. The summed E-state index contributed by atoms with van der Waals surface area (Å²) in [4.78, 5) is 11.7. The van der Waals surface area contributed by atoms with E-state index in [4.69, 9.17) is 14.2 Å². The fourth-order valence-corrected chi connectivity index (χ4v) is 1.98. The maximum absolute atomic E-state index is 11.7. The molecule has 0 saturated heterocycles. The van der Waals surface area contributed by atoms with E-state index in [1.54, 1.807) is 30.5 Å². The predicted molar refractivity (Wildman–Crippen MR) is 96.5 cm³/mol. The number of benzene rings is 2. The van der Waals surface area contributed by atoms with E-state index in [1.165, 1.54) is 0 Å². The molecular weight excluding hydrogens is 320 g/mol. The SMILES string of the molecule is CCOc1ccc(/C=N/NC(=O)COc2ccc(OCC)cc2)cc1. The number of nitrogens with zero attached hydrogens (tertiary/aromatic N) is 1. The number of nitrogens with one attached hydrogen (secondary N) is 1. The van der Waals surface area contributed by atoms with Crippen molar-refractivity contribution >= 4 is 12.1 Å². The summed E-state index contributed by atoms with van der Waals surface area (Å²) in [6.45, 7) is 4.96. The third-order valence-corrected chi connectivity index (χ3v) is 3.10. The molecule has 25 heavy (non-hydrogen) atoms. The van der Waals surface area contributed by atoms with Crippen LogP contribution >= 0.6 is 0 Å². The Morgan fingerprint density at radius 3 is 1.88 bits per heavy atom. The molecule has 1 amide bonds. The van der Waals surface area contributed by atoms with E-state index in [9.17, 15) is 4.79 Å². The minimum atomic E-state index is -0.337. The summed E-state index contributed by atoms with van der Waals surface area (Å²) < 4.78 is 16.1. The van der Waals surface area contributed by atoms with Gasteiger partial charge in [-0.15, -0.1) is 0 Å². The number of hydrogen-bond acceptors (Lipinski definition) is 5. The summed E-state index contributed by atoms with van der Waals surface area (Å²) in [5, 5.41) is 3.90. The summed E-state index contributed by atoms with van der Waals surface area (Å²) >= 11 is 0. The van der Waals surface area contributed by atoms with Gasteiger partial charge in [0.1, 0.15) is 17.2 Å². The lowest BCUT2D eigenvalue weighted by Crippen LogP contribution is -2.24. The number of rotatable bonds is 9. The molecule has 1 N–H and O–H groups in total.